The van der Waals surface area contributed by atoms with Crippen LogP contribution in [0.4, 0.5) is 17.5 Å². The Morgan fingerprint density at radius 3 is 2.90 bits per heavy atom. The van der Waals surface area contributed by atoms with Crippen LogP contribution in [0.5, 0.6) is 0 Å². The molecule has 2 heterocycles. The number of hydrogen-bond donors (Lipinski definition) is 3. The number of pyridine rings is 1. The third-order valence-electron chi connectivity index (χ3n) is 2.88. The van der Waals surface area contributed by atoms with E-state index in [1.54, 1.807) is 6.20 Å². The standard InChI is InChI=1S/C12H15N7O2/c1-2-8-4-3-5-14-9(8)6-15-11-10(19(20)21)7-16-12(17-11)18-13/h3-5,7H,2,6,13H2,1H3,(H2,15,16,17,18). The summed E-state index contributed by atoms with van der Waals surface area (Å²) in [7, 11) is 0. The average Bonchev–Trinajstić information content (AvgIpc) is 2.52. The van der Waals surface area contributed by atoms with Crippen LogP contribution in [0.1, 0.15) is 18.2 Å². The predicted octanol–water partition coefficient (Wildman–Crippen LogP) is 1.24. The zero-order chi connectivity index (χ0) is 15.2. The van der Waals surface area contributed by atoms with Gasteiger partial charge in [-0.2, -0.15) is 4.98 Å². The molecule has 0 unspecified atom stereocenters. The second-order valence-electron chi connectivity index (χ2n) is 4.15. The first-order valence-corrected chi connectivity index (χ1v) is 6.30. The number of hydrazine groups is 1. The molecule has 0 saturated carbocycles. The summed E-state index contributed by atoms with van der Waals surface area (Å²) in [5.41, 5.74) is 3.92. The Kier molecular flexibility index (Phi) is 4.57. The third kappa shape index (κ3) is 3.39. The molecule has 4 N–H and O–H groups in total. The molecule has 0 aliphatic heterocycles. The van der Waals surface area contributed by atoms with Crippen LogP contribution in [0.25, 0.3) is 0 Å². The summed E-state index contributed by atoms with van der Waals surface area (Å²) in [4.78, 5) is 22.4. The SMILES string of the molecule is CCc1cccnc1CNc1nc(NN)ncc1[N+](=O)[O-]. The van der Waals surface area contributed by atoms with E-state index < -0.39 is 4.92 Å². The second kappa shape index (κ2) is 6.57. The fourth-order valence-electron chi connectivity index (χ4n) is 1.83. The van der Waals surface area contributed by atoms with Gasteiger partial charge in [-0.3, -0.25) is 20.5 Å². The van der Waals surface area contributed by atoms with Gasteiger partial charge in [-0.25, -0.2) is 10.8 Å². The summed E-state index contributed by atoms with van der Waals surface area (Å²) in [5.74, 6) is 5.40. The van der Waals surface area contributed by atoms with Crippen LogP contribution in [0, 0.1) is 10.1 Å². The molecular formula is C12H15N7O2. The van der Waals surface area contributed by atoms with Crippen molar-refractivity contribution >= 4 is 17.5 Å². The highest BCUT2D eigenvalue weighted by atomic mass is 16.6. The highest BCUT2D eigenvalue weighted by Gasteiger charge is 2.17. The van der Waals surface area contributed by atoms with Crippen LogP contribution >= 0.6 is 0 Å². The van der Waals surface area contributed by atoms with Gasteiger partial charge < -0.3 is 5.32 Å². The van der Waals surface area contributed by atoms with Gasteiger partial charge in [0.2, 0.25) is 11.8 Å². The Balaban J connectivity index is 2.24. The van der Waals surface area contributed by atoms with Crippen LogP contribution in [0.2, 0.25) is 0 Å². The zero-order valence-corrected chi connectivity index (χ0v) is 11.4. The minimum atomic E-state index is -0.554. The number of nitrogens with two attached hydrogens (primary N) is 1. The Bertz CT molecular complexity index is 647. The lowest BCUT2D eigenvalue weighted by molar-refractivity contribution is -0.384. The van der Waals surface area contributed by atoms with Crippen LogP contribution in [0.3, 0.4) is 0 Å². The number of nitro groups is 1. The van der Waals surface area contributed by atoms with E-state index in [0.717, 1.165) is 23.9 Å². The van der Waals surface area contributed by atoms with Gasteiger partial charge in [-0.1, -0.05) is 13.0 Å². The van der Waals surface area contributed by atoms with Crippen molar-refractivity contribution in [2.24, 2.45) is 5.84 Å². The van der Waals surface area contributed by atoms with Crippen molar-refractivity contribution in [1.82, 2.24) is 15.0 Å². The number of nitrogen functional groups attached to an aromatic ring is 1. The molecule has 2 aromatic heterocycles. The molecule has 0 bridgehead atoms. The number of anilines is 2. The van der Waals surface area contributed by atoms with Gasteiger partial charge in [-0.05, 0) is 18.1 Å². The van der Waals surface area contributed by atoms with E-state index in [0.29, 0.717) is 6.54 Å². The lowest BCUT2D eigenvalue weighted by atomic mass is 10.1. The molecule has 0 atom stereocenters. The second-order valence-corrected chi connectivity index (χ2v) is 4.15. The van der Waals surface area contributed by atoms with Gasteiger partial charge >= 0.3 is 5.69 Å². The van der Waals surface area contributed by atoms with E-state index in [1.165, 1.54) is 0 Å². The number of aryl methyl sites for hydroxylation is 1. The number of nitrogens with zero attached hydrogens (tertiary/aromatic N) is 4. The van der Waals surface area contributed by atoms with Crippen molar-refractivity contribution in [3.05, 3.63) is 45.9 Å². The van der Waals surface area contributed by atoms with Gasteiger partial charge in [0.25, 0.3) is 0 Å². The van der Waals surface area contributed by atoms with E-state index in [-0.39, 0.29) is 17.5 Å². The summed E-state index contributed by atoms with van der Waals surface area (Å²) < 4.78 is 0. The topological polar surface area (TPSA) is 132 Å². The first-order chi connectivity index (χ1) is 10.2. The van der Waals surface area contributed by atoms with Gasteiger partial charge in [0.05, 0.1) is 17.2 Å². The molecule has 0 amide bonds. The smallest absolute Gasteiger partial charge is 0.329 e. The van der Waals surface area contributed by atoms with Gasteiger partial charge in [0, 0.05) is 6.20 Å². The van der Waals surface area contributed by atoms with Crippen molar-refractivity contribution in [3.8, 4) is 0 Å². The lowest BCUT2D eigenvalue weighted by Gasteiger charge is -2.09. The maximum Gasteiger partial charge on any atom is 0.329 e. The van der Waals surface area contributed by atoms with E-state index in [1.807, 2.05) is 19.1 Å². The maximum absolute atomic E-state index is 11.0. The average molecular weight is 289 g/mol. The molecule has 0 spiro atoms. The first-order valence-electron chi connectivity index (χ1n) is 6.30. The molecule has 2 rings (SSSR count). The lowest BCUT2D eigenvalue weighted by Crippen LogP contribution is -2.13. The summed E-state index contributed by atoms with van der Waals surface area (Å²) in [6.07, 6.45) is 3.60. The molecule has 9 heteroatoms. The highest BCUT2D eigenvalue weighted by molar-refractivity contribution is 5.56. The highest BCUT2D eigenvalue weighted by Crippen LogP contribution is 2.22. The predicted molar refractivity (Wildman–Crippen MR) is 77.4 cm³/mol. The maximum atomic E-state index is 11.0. The van der Waals surface area contributed by atoms with Crippen LogP contribution in [-0.4, -0.2) is 19.9 Å². The molecule has 0 radical (unpaired) electrons. The Labute approximate surface area is 120 Å². The Hall–Kier alpha value is -2.81. The number of rotatable bonds is 6. The van der Waals surface area contributed by atoms with Gasteiger partial charge in [0.1, 0.15) is 6.20 Å². The van der Waals surface area contributed by atoms with E-state index in [2.05, 4.69) is 25.7 Å². The van der Waals surface area contributed by atoms with Crippen LogP contribution in [0.15, 0.2) is 24.5 Å². The molecule has 2 aromatic rings. The van der Waals surface area contributed by atoms with Crippen molar-refractivity contribution < 1.29 is 4.92 Å². The van der Waals surface area contributed by atoms with Crippen molar-refractivity contribution in [2.45, 2.75) is 19.9 Å². The molecule has 110 valence electrons. The van der Waals surface area contributed by atoms with Crippen molar-refractivity contribution in [1.29, 1.82) is 0 Å². The first kappa shape index (κ1) is 14.6. The van der Waals surface area contributed by atoms with Gasteiger partial charge in [-0.15, -0.1) is 0 Å². The molecule has 0 aliphatic carbocycles. The molecule has 9 nitrogen and oxygen atoms in total. The largest absolute Gasteiger partial charge is 0.359 e. The Morgan fingerprint density at radius 1 is 1.43 bits per heavy atom. The minimum absolute atomic E-state index is 0.0932. The number of hydrogen-bond acceptors (Lipinski definition) is 8. The van der Waals surface area contributed by atoms with E-state index >= 15 is 0 Å². The molecule has 21 heavy (non-hydrogen) atoms. The van der Waals surface area contributed by atoms with Gasteiger partial charge in [0.15, 0.2) is 0 Å². The third-order valence-corrected chi connectivity index (χ3v) is 2.88. The summed E-state index contributed by atoms with van der Waals surface area (Å²) >= 11 is 0. The molecule has 0 saturated heterocycles. The van der Waals surface area contributed by atoms with Crippen LogP contribution < -0.4 is 16.6 Å². The Morgan fingerprint density at radius 2 is 2.24 bits per heavy atom. The van der Waals surface area contributed by atoms with Crippen molar-refractivity contribution in [3.63, 3.8) is 0 Å². The fraction of sp³-hybridized carbons (Fsp3) is 0.250. The fourth-order valence-corrected chi connectivity index (χ4v) is 1.83. The van der Waals surface area contributed by atoms with E-state index in [4.69, 9.17) is 5.84 Å². The molecule has 0 aliphatic rings. The summed E-state index contributed by atoms with van der Waals surface area (Å²) in [6, 6.07) is 3.82. The monoisotopic (exact) mass is 289 g/mol. The summed E-state index contributed by atoms with van der Waals surface area (Å²) in [5, 5.41) is 13.9. The quantitative estimate of drug-likeness (QED) is 0.411. The van der Waals surface area contributed by atoms with E-state index in [9.17, 15) is 10.1 Å². The molecular weight excluding hydrogens is 274 g/mol. The molecule has 0 fully saturated rings. The van der Waals surface area contributed by atoms with Crippen molar-refractivity contribution in [2.75, 3.05) is 10.7 Å². The number of aromatic nitrogens is 3. The minimum Gasteiger partial charge on any atom is -0.359 e. The number of nitrogens with one attached hydrogen (secondary N) is 2. The summed E-state index contributed by atoms with van der Waals surface area (Å²) in [6.45, 7) is 2.34. The normalized spacial score (nSPS) is 10.2. The molecule has 0 aromatic carbocycles. The van der Waals surface area contributed by atoms with Crippen LogP contribution in [-0.2, 0) is 13.0 Å². The zero-order valence-electron chi connectivity index (χ0n) is 11.4.